The summed E-state index contributed by atoms with van der Waals surface area (Å²) in [7, 11) is 1.30. The third-order valence-corrected chi connectivity index (χ3v) is 2.54. The third kappa shape index (κ3) is 2.11. The van der Waals surface area contributed by atoms with E-state index in [9.17, 15) is 13.2 Å². The predicted molar refractivity (Wildman–Crippen MR) is 62.7 cm³/mol. The number of methoxy groups -OCH3 is 1. The van der Waals surface area contributed by atoms with Crippen LogP contribution < -0.4 is 10.5 Å². The van der Waals surface area contributed by atoms with Crippen molar-refractivity contribution in [3.05, 3.63) is 47.8 Å². The van der Waals surface area contributed by atoms with E-state index in [0.29, 0.717) is 0 Å². The van der Waals surface area contributed by atoms with Crippen LogP contribution in [0, 0.1) is 17.5 Å². The second-order valence-corrected chi connectivity index (χ2v) is 3.70. The van der Waals surface area contributed by atoms with Gasteiger partial charge in [0.25, 0.3) is 0 Å². The Kier molecular flexibility index (Phi) is 3.14. The van der Waals surface area contributed by atoms with Crippen molar-refractivity contribution >= 4 is 5.69 Å². The maximum atomic E-state index is 13.8. The summed E-state index contributed by atoms with van der Waals surface area (Å²) in [5, 5.41) is 0. The van der Waals surface area contributed by atoms with E-state index in [1.807, 2.05) is 0 Å². The molecule has 0 aliphatic carbocycles. The number of nitrogen functional groups attached to an aromatic ring is 1. The fraction of sp³-hybridized carbons (Fsp3) is 0.0769. The first-order valence-electron chi connectivity index (χ1n) is 5.11. The molecule has 0 unspecified atom stereocenters. The van der Waals surface area contributed by atoms with Gasteiger partial charge in [-0.3, -0.25) is 0 Å². The van der Waals surface area contributed by atoms with Gasteiger partial charge in [-0.1, -0.05) is 0 Å². The van der Waals surface area contributed by atoms with Gasteiger partial charge in [-0.2, -0.15) is 0 Å². The van der Waals surface area contributed by atoms with Gasteiger partial charge in [0.1, 0.15) is 23.2 Å². The molecule has 0 heterocycles. The summed E-state index contributed by atoms with van der Waals surface area (Å²) in [4.78, 5) is 0. The molecule has 0 atom stereocenters. The van der Waals surface area contributed by atoms with E-state index in [-0.39, 0.29) is 22.6 Å². The van der Waals surface area contributed by atoms with Crippen LogP contribution in [-0.4, -0.2) is 7.11 Å². The van der Waals surface area contributed by atoms with Crippen LogP contribution in [0.15, 0.2) is 30.3 Å². The van der Waals surface area contributed by atoms with Crippen LogP contribution in [-0.2, 0) is 0 Å². The summed E-state index contributed by atoms with van der Waals surface area (Å²) in [5.41, 5.74) is 5.31. The van der Waals surface area contributed by atoms with Crippen molar-refractivity contribution in [2.45, 2.75) is 0 Å². The monoisotopic (exact) mass is 253 g/mol. The highest BCUT2D eigenvalue weighted by molar-refractivity contribution is 5.77. The summed E-state index contributed by atoms with van der Waals surface area (Å²) in [6.07, 6.45) is 0. The molecule has 5 heteroatoms. The lowest BCUT2D eigenvalue weighted by molar-refractivity contribution is 0.407. The van der Waals surface area contributed by atoms with E-state index in [1.54, 1.807) is 0 Å². The Hall–Kier alpha value is -2.17. The molecular formula is C13H10F3NO. The zero-order valence-electron chi connectivity index (χ0n) is 9.51. The lowest BCUT2D eigenvalue weighted by Gasteiger charge is -2.10. The standard InChI is InChI=1S/C13H10F3NO/c1-18-8-5-10(15)13(11(16)6-8)9-4-7(14)2-3-12(9)17/h2-6H,17H2,1H3. The second-order valence-electron chi connectivity index (χ2n) is 3.70. The van der Waals surface area contributed by atoms with Gasteiger partial charge in [0.2, 0.25) is 0 Å². The summed E-state index contributed by atoms with van der Waals surface area (Å²) >= 11 is 0. The molecule has 0 bridgehead atoms. The Morgan fingerprint density at radius 3 is 2.17 bits per heavy atom. The van der Waals surface area contributed by atoms with Crippen molar-refractivity contribution < 1.29 is 17.9 Å². The fourth-order valence-electron chi connectivity index (χ4n) is 1.67. The first-order valence-corrected chi connectivity index (χ1v) is 5.11. The minimum absolute atomic E-state index is 0.0207. The number of halogens is 3. The summed E-state index contributed by atoms with van der Waals surface area (Å²) in [6.45, 7) is 0. The van der Waals surface area contributed by atoms with Crippen LogP contribution in [0.2, 0.25) is 0 Å². The molecular weight excluding hydrogens is 243 g/mol. The normalized spacial score (nSPS) is 10.4. The topological polar surface area (TPSA) is 35.2 Å². The van der Waals surface area contributed by atoms with Gasteiger partial charge < -0.3 is 10.5 Å². The zero-order chi connectivity index (χ0) is 13.3. The summed E-state index contributed by atoms with van der Waals surface area (Å²) in [6, 6.07) is 5.40. The first-order chi connectivity index (χ1) is 8.52. The molecule has 0 aromatic heterocycles. The number of ether oxygens (including phenoxy) is 1. The summed E-state index contributed by atoms with van der Waals surface area (Å²) < 4.78 is 45.4. The van der Waals surface area contributed by atoms with Crippen LogP contribution in [0.4, 0.5) is 18.9 Å². The Balaban J connectivity index is 2.67. The van der Waals surface area contributed by atoms with Crippen LogP contribution >= 0.6 is 0 Å². The van der Waals surface area contributed by atoms with E-state index in [0.717, 1.165) is 24.3 Å². The minimum Gasteiger partial charge on any atom is -0.497 e. The molecule has 0 saturated carbocycles. The largest absolute Gasteiger partial charge is 0.497 e. The molecule has 0 radical (unpaired) electrons. The number of nitrogens with two attached hydrogens (primary N) is 1. The lowest BCUT2D eigenvalue weighted by Crippen LogP contribution is -1.97. The number of anilines is 1. The van der Waals surface area contributed by atoms with Crippen LogP contribution in [0.1, 0.15) is 0 Å². The van der Waals surface area contributed by atoms with Gasteiger partial charge in [0.05, 0.1) is 12.7 Å². The molecule has 2 aromatic carbocycles. The van der Waals surface area contributed by atoms with Crippen molar-refractivity contribution in [2.24, 2.45) is 0 Å². The van der Waals surface area contributed by atoms with Gasteiger partial charge in [0.15, 0.2) is 0 Å². The molecule has 2 aromatic rings. The van der Waals surface area contributed by atoms with Crippen molar-refractivity contribution in [2.75, 3.05) is 12.8 Å². The highest BCUT2D eigenvalue weighted by Gasteiger charge is 2.16. The number of hydrogen-bond acceptors (Lipinski definition) is 2. The highest BCUT2D eigenvalue weighted by atomic mass is 19.1. The molecule has 18 heavy (non-hydrogen) atoms. The van der Waals surface area contributed by atoms with E-state index in [1.165, 1.54) is 13.2 Å². The van der Waals surface area contributed by atoms with Crippen LogP contribution in [0.25, 0.3) is 11.1 Å². The molecule has 0 aliphatic rings. The quantitative estimate of drug-likeness (QED) is 0.833. The molecule has 2 rings (SSSR count). The number of rotatable bonds is 2. The molecule has 0 saturated heterocycles. The van der Waals surface area contributed by atoms with Gasteiger partial charge >= 0.3 is 0 Å². The van der Waals surface area contributed by atoms with E-state index in [4.69, 9.17) is 10.5 Å². The van der Waals surface area contributed by atoms with E-state index < -0.39 is 17.5 Å². The Morgan fingerprint density at radius 2 is 1.61 bits per heavy atom. The predicted octanol–water partition coefficient (Wildman–Crippen LogP) is 3.36. The number of benzene rings is 2. The van der Waals surface area contributed by atoms with Gasteiger partial charge in [-0.05, 0) is 18.2 Å². The Bertz CT molecular complexity index is 576. The molecule has 94 valence electrons. The molecule has 2 N–H and O–H groups in total. The van der Waals surface area contributed by atoms with Crippen molar-refractivity contribution in [3.8, 4) is 16.9 Å². The molecule has 2 nitrogen and oxygen atoms in total. The average molecular weight is 253 g/mol. The Labute approximate surface area is 102 Å². The van der Waals surface area contributed by atoms with Gasteiger partial charge in [-0.25, -0.2) is 13.2 Å². The molecule has 0 fully saturated rings. The Morgan fingerprint density at radius 1 is 1.00 bits per heavy atom. The third-order valence-electron chi connectivity index (χ3n) is 2.54. The van der Waals surface area contributed by atoms with Crippen molar-refractivity contribution in [1.29, 1.82) is 0 Å². The smallest absolute Gasteiger partial charge is 0.137 e. The second kappa shape index (κ2) is 4.60. The summed E-state index contributed by atoms with van der Waals surface area (Å²) in [5.74, 6) is -2.29. The maximum absolute atomic E-state index is 13.8. The zero-order valence-corrected chi connectivity index (χ0v) is 9.51. The van der Waals surface area contributed by atoms with Crippen molar-refractivity contribution in [3.63, 3.8) is 0 Å². The van der Waals surface area contributed by atoms with Gasteiger partial charge in [0, 0.05) is 23.4 Å². The first kappa shape index (κ1) is 12.3. The lowest BCUT2D eigenvalue weighted by atomic mass is 10.0. The fourth-order valence-corrected chi connectivity index (χ4v) is 1.67. The van der Waals surface area contributed by atoms with E-state index in [2.05, 4.69) is 0 Å². The van der Waals surface area contributed by atoms with Crippen LogP contribution in [0.3, 0.4) is 0 Å². The maximum Gasteiger partial charge on any atom is 0.137 e. The van der Waals surface area contributed by atoms with E-state index >= 15 is 0 Å². The molecule has 0 amide bonds. The van der Waals surface area contributed by atoms with Gasteiger partial charge in [-0.15, -0.1) is 0 Å². The average Bonchev–Trinajstić information content (AvgIpc) is 2.32. The SMILES string of the molecule is COc1cc(F)c(-c2cc(F)ccc2N)c(F)c1. The highest BCUT2D eigenvalue weighted by Crippen LogP contribution is 2.33. The number of hydrogen-bond donors (Lipinski definition) is 1. The molecule has 0 spiro atoms. The van der Waals surface area contributed by atoms with Crippen LogP contribution in [0.5, 0.6) is 5.75 Å². The minimum atomic E-state index is -0.857. The molecule has 0 aliphatic heterocycles. The van der Waals surface area contributed by atoms with Crippen molar-refractivity contribution in [1.82, 2.24) is 0 Å².